The van der Waals surface area contributed by atoms with Gasteiger partial charge in [0.1, 0.15) is 0 Å². The maximum absolute atomic E-state index is 10.7. The molecule has 1 heterocycles. The lowest BCUT2D eigenvalue weighted by atomic mass is 9.84. The first-order valence-corrected chi connectivity index (χ1v) is 6.09. The molecule has 17 heavy (non-hydrogen) atoms. The molecule has 0 aromatic carbocycles. The SMILES string of the molecule is CC(=O)ONC1CCC(c2ccccn2)CC1. The van der Waals surface area contributed by atoms with Crippen molar-refractivity contribution in [2.24, 2.45) is 0 Å². The Kier molecular flexibility index (Phi) is 4.09. The van der Waals surface area contributed by atoms with Crippen molar-refractivity contribution in [1.82, 2.24) is 10.5 Å². The van der Waals surface area contributed by atoms with Gasteiger partial charge >= 0.3 is 5.97 Å². The Hall–Kier alpha value is -1.42. The molecular weight excluding hydrogens is 216 g/mol. The molecule has 1 aromatic rings. The molecule has 4 heteroatoms. The second-order valence-corrected chi connectivity index (χ2v) is 4.51. The van der Waals surface area contributed by atoms with Gasteiger partial charge < -0.3 is 4.84 Å². The van der Waals surface area contributed by atoms with E-state index >= 15 is 0 Å². The minimum Gasteiger partial charge on any atom is -0.371 e. The topological polar surface area (TPSA) is 51.2 Å². The summed E-state index contributed by atoms with van der Waals surface area (Å²) in [4.78, 5) is 19.9. The van der Waals surface area contributed by atoms with Crippen LogP contribution in [0.25, 0.3) is 0 Å². The first-order valence-electron chi connectivity index (χ1n) is 6.09. The molecule has 0 spiro atoms. The Bertz CT molecular complexity index is 359. The molecule has 0 amide bonds. The minimum absolute atomic E-state index is 0.281. The zero-order valence-electron chi connectivity index (χ0n) is 10.1. The molecule has 1 aliphatic rings. The fraction of sp³-hybridized carbons (Fsp3) is 0.538. The van der Waals surface area contributed by atoms with Crippen LogP contribution >= 0.6 is 0 Å². The predicted molar refractivity (Wildman–Crippen MR) is 64.1 cm³/mol. The van der Waals surface area contributed by atoms with Crippen LogP contribution in [0.5, 0.6) is 0 Å². The first kappa shape index (κ1) is 12.0. The van der Waals surface area contributed by atoms with Gasteiger partial charge in [0.15, 0.2) is 0 Å². The van der Waals surface area contributed by atoms with Crippen LogP contribution in [0.15, 0.2) is 24.4 Å². The van der Waals surface area contributed by atoms with E-state index in [0.29, 0.717) is 12.0 Å². The number of pyridine rings is 1. The number of carbonyl (C=O) groups excluding carboxylic acids is 1. The highest BCUT2D eigenvalue weighted by Crippen LogP contribution is 2.31. The van der Waals surface area contributed by atoms with Gasteiger partial charge in [0.2, 0.25) is 0 Å². The highest BCUT2D eigenvalue weighted by Gasteiger charge is 2.23. The number of carbonyl (C=O) groups is 1. The van der Waals surface area contributed by atoms with Crippen LogP contribution in [0, 0.1) is 0 Å². The summed E-state index contributed by atoms with van der Waals surface area (Å²) in [6.45, 7) is 1.41. The molecule has 0 unspecified atom stereocenters. The highest BCUT2D eigenvalue weighted by atomic mass is 16.7. The van der Waals surface area contributed by atoms with Crippen molar-refractivity contribution in [3.63, 3.8) is 0 Å². The Morgan fingerprint density at radius 1 is 1.35 bits per heavy atom. The van der Waals surface area contributed by atoms with Crippen molar-refractivity contribution in [2.45, 2.75) is 44.6 Å². The lowest BCUT2D eigenvalue weighted by Gasteiger charge is -2.27. The standard InChI is InChI=1S/C13H18N2O2/c1-10(16)17-15-12-7-5-11(6-8-12)13-4-2-3-9-14-13/h2-4,9,11-12,15H,5-8H2,1H3. The number of hydrogen-bond donors (Lipinski definition) is 1. The second kappa shape index (κ2) is 5.77. The van der Waals surface area contributed by atoms with Crippen LogP contribution in [0.4, 0.5) is 0 Å². The molecule has 1 fully saturated rings. The van der Waals surface area contributed by atoms with E-state index in [9.17, 15) is 4.79 Å². The monoisotopic (exact) mass is 234 g/mol. The van der Waals surface area contributed by atoms with Crippen molar-refractivity contribution in [3.8, 4) is 0 Å². The maximum Gasteiger partial charge on any atom is 0.321 e. The van der Waals surface area contributed by atoms with Crippen molar-refractivity contribution in [1.29, 1.82) is 0 Å². The fourth-order valence-corrected chi connectivity index (χ4v) is 2.29. The van der Waals surface area contributed by atoms with Gasteiger partial charge in [0, 0.05) is 30.8 Å². The number of nitrogens with one attached hydrogen (secondary N) is 1. The van der Waals surface area contributed by atoms with E-state index in [-0.39, 0.29) is 5.97 Å². The van der Waals surface area contributed by atoms with Crippen molar-refractivity contribution < 1.29 is 9.63 Å². The quantitative estimate of drug-likeness (QED) is 0.814. The van der Waals surface area contributed by atoms with Gasteiger partial charge in [-0.2, -0.15) is 5.48 Å². The first-order chi connectivity index (χ1) is 8.25. The van der Waals surface area contributed by atoms with Gasteiger partial charge in [-0.15, -0.1) is 0 Å². The number of hydroxylamine groups is 1. The number of aromatic nitrogens is 1. The number of nitrogens with zero attached hydrogens (tertiary/aromatic N) is 1. The molecule has 4 nitrogen and oxygen atoms in total. The molecule has 0 bridgehead atoms. The van der Waals surface area contributed by atoms with E-state index in [2.05, 4.69) is 16.5 Å². The number of hydrogen-bond acceptors (Lipinski definition) is 4. The van der Waals surface area contributed by atoms with Crippen molar-refractivity contribution in [3.05, 3.63) is 30.1 Å². The summed E-state index contributed by atoms with van der Waals surface area (Å²) in [5.74, 6) is 0.267. The van der Waals surface area contributed by atoms with Gasteiger partial charge in [-0.25, -0.2) is 0 Å². The van der Waals surface area contributed by atoms with Gasteiger partial charge in [0.05, 0.1) is 0 Å². The van der Waals surface area contributed by atoms with Gasteiger partial charge in [-0.1, -0.05) is 6.07 Å². The average molecular weight is 234 g/mol. The van der Waals surface area contributed by atoms with E-state index in [0.717, 1.165) is 25.7 Å². The minimum atomic E-state index is -0.281. The molecule has 1 N–H and O–H groups in total. The molecule has 1 aliphatic carbocycles. The van der Waals surface area contributed by atoms with E-state index < -0.39 is 0 Å². The normalized spacial score (nSPS) is 24.3. The zero-order chi connectivity index (χ0) is 12.1. The Morgan fingerprint density at radius 3 is 2.71 bits per heavy atom. The van der Waals surface area contributed by atoms with Gasteiger partial charge in [-0.3, -0.25) is 9.78 Å². The third kappa shape index (κ3) is 3.53. The van der Waals surface area contributed by atoms with E-state index in [4.69, 9.17) is 4.84 Å². The molecule has 0 atom stereocenters. The van der Waals surface area contributed by atoms with Crippen LogP contribution in [0.1, 0.15) is 44.2 Å². The lowest BCUT2D eigenvalue weighted by Crippen LogP contribution is -2.34. The summed E-state index contributed by atoms with van der Waals surface area (Å²) in [5.41, 5.74) is 4.00. The molecule has 0 saturated heterocycles. The molecular formula is C13H18N2O2. The molecule has 1 saturated carbocycles. The van der Waals surface area contributed by atoms with Crippen LogP contribution in [0.3, 0.4) is 0 Å². The highest BCUT2D eigenvalue weighted by molar-refractivity contribution is 5.65. The summed E-state index contributed by atoms with van der Waals surface area (Å²) in [7, 11) is 0. The van der Waals surface area contributed by atoms with E-state index in [1.54, 1.807) is 0 Å². The Balaban J connectivity index is 1.80. The zero-order valence-corrected chi connectivity index (χ0v) is 10.1. The molecule has 92 valence electrons. The Labute approximate surface area is 101 Å². The molecule has 0 radical (unpaired) electrons. The second-order valence-electron chi connectivity index (χ2n) is 4.51. The Morgan fingerprint density at radius 2 is 2.12 bits per heavy atom. The average Bonchev–Trinajstić information content (AvgIpc) is 2.38. The third-order valence-electron chi connectivity index (χ3n) is 3.20. The van der Waals surface area contributed by atoms with Gasteiger partial charge in [0.25, 0.3) is 0 Å². The van der Waals surface area contributed by atoms with Crippen LogP contribution in [0.2, 0.25) is 0 Å². The summed E-state index contributed by atoms with van der Waals surface area (Å²) >= 11 is 0. The van der Waals surface area contributed by atoms with Crippen LogP contribution < -0.4 is 5.48 Å². The predicted octanol–water partition coefficient (Wildman–Crippen LogP) is 2.18. The maximum atomic E-state index is 10.7. The summed E-state index contributed by atoms with van der Waals surface area (Å²) < 4.78 is 0. The van der Waals surface area contributed by atoms with Crippen molar-refractivity contribution in [2.75, 3.05) is 0 Å². The smallest absolute Gasteiger partial charge is 0.321 e. The van der Waals surface area contributed by atoms with Gasteiger partial charge in [-0.05, 0) is 37.8 Å². The number of rotatable bonds is 3. The van der Waals surface area contributed by atoms with Crippen LogP contribution in [-0.2, 0) is 9.63 Å². The summed E-state index contributed by atoms with van der Waals surface area (Å²) in [6.07, 6.45) is 6.08. The van der Waals surface area contributed by atoms with E-state index in [1.165, 1.54) is 12.6 Å². The summed E-state index contributed by atoms with van der Waals surface area (Å²) in [6, 6.07) is 6.35. The fourth-order valence-electron chi connectivity index (χ4n) is 2.29. The molecule has 0 aliphatic heterocycles. The van der Waals surface area contributed by atoms with Crippen molar-refractivity contribution >= 4 is 5.97 Å². The van der Waals surface area contributed by atoms with Crippen LogP contribution in [-0.4, -0.2) is 17.0 Å². The lowest BCUT2D eigenvalue weighted by molar-refractivity contribution is -0.150. The third-order valence-corrected chi connectivity index (χ3v) is 3.20. The summed E-state index contributed by atoms with van der Waals surface area (Å²) in [5, 5.41) is 0. The van der Waals surface area contributed by atoms with E-state index in [1.807, 2.05) is 18.3 Å². The largest absolute Gasteiger partial charge is 0.371 e. The molecule has 1 aromatic heterocycles. The molecule has 2 rings (SSSR count).